The van der Waals surface area contributed by atoms with E-state index in [9.17, 15) is 15.0 Å². The Kier molecular flexibility index (Phi) is 4.73. The molecule has 0 saturated heterocycles. The second-order valence-corrected chi connectivity index (χ2v) is 10.5. The highest BCUT2D eigenvalue weighted by Crippen LogP contribution is 2.54. The number of fused-ring (bicyclic) bond motifs is 3. The maximum absolute atomic E-state index is 12.8. The number of benzene rings is 1. The van der Waals surface area contributed by atoms with Crippen LogP contribution >= 0.6 is 0 Å². The summed E-state index contributed by atoms with van der Waals surface area (Å²) in [7, 11) is 0. The Labute approximate surface area is 173 Å². The largest absolute Gasteiger partial charge is 0.508 e. The van der Waals surface area contributed by atoms with Gasteiger partial charge in [-0.15, -0.1) is 0 Å². The fourth-order valence-corrected chi connectivity index (χ4v) is 5.00. The van der Waals surface area contributed by atoms with Gasteiger partial charge in [-0.3, -0.25) is 4.79 Å². The molecule has 1 aromatic rings. The van der Waals surface area contributed by atoms with Gasteiger partial charge in [0.2, 0.25) is 5.91 Å². The standard InChI is InChI=1S/C24H33NO4/c1-23(2,3)14-9-19(27)21-17-8-13(22(28)25-15-11-16(26)12-15)6-7-18(17)24(4,5)29-20(21)10-14/h6,9-10,15-18,26-27H,7-8,11-12H2,1-5H3,(H,25,28)/t15-,16-,17-,18-/m1/s1. The summed E-state index contributed by atoms with van der Waals surface area (Å²) < 4.78 is 6.39. The number of aromatic hydroxyl groups is 1. The number of aliphatic hydroxyl groups excluding tert-OH is 1. The minimum absolute atomic E-state index is 0.0421. The van der Waals surface area contributed by atoms with Crippen molar-refractivity contribution in [2.75, 3.05) is 0 Å². The van der Waals surface area contributed by atoms with Crippen molar-refractivity contribution in [1.82, 2.24) is 5.32 Å². The summed E-state index contributed by atoms with van der Waals surface area (Å²) in [5.74, 6) is 1.20. The van der Waals surface area contributed by atoms with E-state index < -0.39 is 0 Å². The second-order valence-electron chi connectivity index (χ2n) is 10.5. The molecule has 2 aliphatic carbocycles. The molecule has 5 heteroatoms. The Bertz CT molecular complexity index is 858. The molecule has 2 atom stereocenters. The van der Waals surface area contributed by atoms with E-state index in [1.807, 2.05) is 12.1 Å². The van der Waals surface area contributed by atoms with E-state index in [0.29, 0.717) is 19.3 Å². The van der Waals surface area contributed by atoms with Crippen LogP contribution in [0, 0.1) is 5.92 Å². The minimum Gasteiger partial charge on any atom is -0.508 e. The van der Waals surface area contributed by atoms with Crippen LogP contribution in [-0.2, 0) is 10.2 Å². The molecule has 4 rings (SSSR count). The number of nitrogens with one attached hydrogen (secondary N) is 1. The lowest BCUT2D eigenvalue weighted by atomic mass is 9.66. The molecule has 1 aromatic carbocycles. The first-order valence-electron chi connectivity index (χ1n) is 10.7. The first-order chi connectivity index (χ1) is 13.5. The monoisotopic (exact) mass is 399 g/mol. The molecule has 0 radical (unpaired) electrons. The van der Waals surface area contributed by atoms with Crippen molar-refractivity contribution in [3.8, 4) is 11.5 Å². The second kappa shape index (κ2) is 6.76. The van der Waals surface area contributed by atoms with E-state index in [4.69, 9.17) is 4.74 Å². The van der Waals surface area contributed by atoms with Crippen LogP contribution in [0.5, 0.6) is 11.5 Å². The normalized spacial score (nSPS) is 30.2. The lowest BCUT2D eigenvalue weighted by Gasteiger charge is -2.47. The Balaban J connectivity index is 1.65. The molecule has 1 fully saturated rings. The number of carbonyl (C=O) groups is 1. The zero-order valence-corrected chi connectivity index (χ0v) is 18.1. The third-order valence-corrected chi connectivity index (χ3v) is 6.91. The number of ether oxygens (including phenoxy) is 1. The molecule has 1 amide bonds. The van der Waals surface area contributed by atoms with E-state index in [2.05, 4.69) is 46.0 Å². The van der Waals surface area contributed by atoms with Crippen LogP contribution in [0.25, 0.3) is 0 Å². The summed E-state index contributed by atoms with van der Waals surface area (Å²) in [6.45, 7) is 10.6. The first kappa shape index (κ1) is 20.3. The molecule has 0 unspecified atom stereocenters. The highest BCUT2D eigenvalue weighted by Gasteiger charge is 2.47. The number of amides is 1. The van der Waals surface area contributed by atoms with Gasteiger partial charge in [-0.1, -0.05) is 26.8 Å². The number of allylic oxidation sites excluding steroid dienone is 1. The first-order valence-corrected chi connectivity index (χ1v) is 10.7. The third-order valence-electron chi connectivity index (χ3n) is 6.91. The SMILES string of the molecule is CC(C)(C)c1cc(O)c2c(c1)OC(C)(C)[C@@H]1CC=C(C(=O)N[C@H]3C[C@H](O)C3)C[C@@H]21. The Morgan fingerprint density at radius 1 is 1.24 bits per heavy atom. The molecule has 3 aliphatic rings. The van der Waals surface area contributed by atoms with Gasteiger partial charge in [0.25, 0.3) is 0 Å². The predicted octanol–water partition coefficient (Wildman–Crippen LogP) is 3.92. The zero-order valence-electron chi connectivity index (χ0n) is 18.1. The molecule has 29 heavy (non-hydrogen) atoms. The Morgan fingerprint density at radius 2 is 1.93 bits per heavy atom. The molecule has 3 N–H and O–H groups in total. The number of hydrogen-bond donors (Lipinski definition) is 3. The molecule has 0 bridgehead atoms. The molecule has 0 spiro atoms. The van der Waals surface area contributed by atoms with Crippen molar-refractivity contribution in [1.29, 1.82) is 0 Å². The summed E-state index contributed by atoms with van der Waals surface area (Å²) in [4.78, 5) is 12.8. The van der Waals surface area contributed by atoms with E-state index in [-0.39, 0.29) is 46.7 Å². The Hall–Kier alpha value is -2.01. The molecular weight excluding hydrogens is 366 g/mol. The highest BCUT2D eigenvalue weighted by atomic mass is 16.5. The molecule has 5 nitrogen and oxygen atoms in total. The summed E-state index contributed by atoms with van der Waals surface area (Å²) in [5, 5.41) is 23.4. The van der Waals surface area contributed by atoms with Crippen molar-refractivity contribution < 1.29 is 19.7 Å². The number of phenolic OH excluding ortho intramolecular Hbond substituents is 1. The summed E-state index contributed by atoms with van der Waals surface area (Å²) in [5.41, 5.74) is 2.17. The van der Waals surface area contributed by atoms with Gasteiger partial charge in [0.1, 0.15) is 17.1 Å². The summed E-state index contributed by atoms with van der Waals surface area (Å²) >= 11 is 0. The fraction of sp³-hybridized carbons (Fsp3) is 0.625. The van der Waals surface area contributed by atoms with Gasteiger partial charge in [-0.25, -0.2) is 0 Å². The van der Waals surface area contributed by atoms with Crippen LogP contribution in [0.2, 0.25) is 0 Å². The lowest BCUT2D eigenvalue weighted by molar-refractivity contribution is -0.120. The van der Waals surface area contributed by atoms with Gasteiger partial charge in [0, 0.05) is 29.0 Å². The van der Waals surface area contributed by atoms with Crippen LogP contribution in [-0.4, -0.2) is 33.9 Å². The Morgan fingerprint density at radius 3 is 2.55 bits per heavy atom. The molecule has 1 saturated carbocycles. The van der Waals surface area contributed by atoms with Gasteiger partial charge in [0.15, 0.2) is 0 Å². The average molecular weight is 400 g/mol. The molecular formula is C24H33NO4. The minimum atomic E-state index is -0.378. The number of phenols is 1. The van der Waals surface area contributed by atoms with Crippen LogP contribution < -0.4 is 10.1 Å². The smallest absolute Gasteiger partial charge is 0.247 e. The fourth-order valence-electron chi connectivity index (χ4n) is 5.00. The molecule has 0 aromatic heterocycles. The van der Waals surface area contributed by atoms with Crippen LogP contribution in [0.1, 0.15) is 77.3 Å². The van der Waals surface area contributed by atoms with Crippen molar-refractivity contribution in [2.24, 2.45) is 5.92 Å². The van der Waals surface area contributed by atoms with Crippen molar-refractivity contribution >= 4 is 5.91 Å². The molecule has 1 heterocycles. The predicted molar refractivity (Wildman–Crippen MR) is 112 cm³/mol. The number of rotatable bonds is 2. The molecule has 158 valence electrons. The summed E-state index contributed by atoms with van der Waals surface area (Å²) in [6, 6.07) is 3.98. The lowest BCUT2D eigenvalue weighted by Crippen LogP contribution is -2.49. The van der Waals surface area contributed by atoms with Gasteiger partial charge in [0.05, 0.1) is 6.10 Å². The quantitative estimate of drug-likeness (QED) is 0.704. The van der Waals surface area contributed by atoms with Crippen molar-refractivity contribution in [3.63, 3.8) is 0 Å². The maximum atomic E-state index is 12.8. The van der Waals surface area contributed by atoms with Crippen molar-refractivity contribution in [2.45, 2.75) is 89.4 Å². The van der Waals surface area contributed by atoms with Gasteiger partial charge < -0.3 is 20.3 Å². The van der Waals surface area contributed by atoms with Crippen LogP contribution in [0.3, 0.4) is 0 Å². The number of carbonyl (C=O) groups excluding carboxylic acids is 1. The average Bonchev–Trinajstić information content (AvgIpc) is 2.58. The van der Waals surface area contributed by atoms with E-state index in [1.54, 1.807) is 0 Å². The topological polar surface area (TPSA) is 78.8 Å². The van der Waals surface area contributed by atoms with Gasteiger partial charge >= 0.3 is 0 Å². The third kappa shape index (κ3) is 3.65. The van der Waals surface area contributed by atoms with Crippen LogP contribution in [0.15, 0.2) is 23.8 Å². The summed E-state index contributed by atoms with van der Waals surface area (Å²) in [6.07, 6.45) is 4.34. The zero-order chi connectivity index (χ0) is 21.1. The number of hydrogen-bond acceptors (Lipinski definition) is 4. The van der Waals surface area contributed by atoms with Crippen molar-refractivity contribution in [3.05, 3.63) is 34.9 Å². The number of aliphatic hydroxyl groups is 1. The highest BCUT2D eigenvalue weighted by molar-refractivity contribution is 5.94. The van der Waals surface area contributed by atoms with E-state index in [0.717, 1.165) is 28.9 Å². The van der Waals surface area contributed by atoms with Gasteiger partial charge in [-0.2, -0.15) is 0 Å². The van der Waals surface area contributed by atoms with E-state index in [1.165, 1.54) is 0 Å². The van der Waals surface area contributed by atoms with Gasteiger partial charge in [-0.05, 0) is 62.6 Å². The molecule has 1 aliphatic heterocycles. The van der Waals surface area contributed by atoms with Crippen LogP contribution in [0.4, 0.5) is 0 Å². The van der Waals surface area contributed by atoms with E-state index >= 15 is 0 Å². The maximum Gasteiger partial charge on any atom is 0.247 e.